The molecule has 0 aromatic carbocycles. The van der Waals surface area contributed by atoms with Gasteiger partial charge >= 0.3 is 0 Å². The van der Waals surface area contributed by atoms with Crippen LogP contribution in [-0.2, 0) is 9.53 Å². The quantitative estimate of drug-likeness (QED) is 0.843. The number of amides is 1. The number of carbonyl (C=O) groups is 1. The van der Waals surface area contributed by atoms with E-state index in [2.05, 4.69) is 10.2 Å². The Labute approximate surface area is 144 Å². The van der Waals surface area contributed by atoms with E-state index >= 15 is 0 Å². The summed E-state index contributed by atoms with van der Waals surface area (Å²) in [4.78, 5) is 14.8. The van der Waals surface area contributed by atoms with E-state index in [4.69, 9.17) is 9.15 Å². The SMILES string of the molecule is Cc1ccc(C=CC(=O)NCC2(N3CCCCC3)CCOCC2)o1. The van der Waals surface area contributed by atoms with E-state index in [9.17, 15) is 4.79 Å². The van der Waals surface area contributed by atoms with Crippen molar-refractivity contribution in [2.24, 2.45) is 0 Å². The lowest BCUT2D eigenvalue weighted by Crippen LogP contribution is -2.59. The number of hydrogen-bond acceptors (Lipinski definition) is 4. The largest absolute Gasteiger partial charge is 0.462 e. The van der Waals surface area contributed by atoms with E-state index in [0.717, 1.165) is 44.9 Å². The first-order valence-corrected chi connectivity index (χ1v) is 9.03. The summed E-state index contributed by atoms with van der Waals surface area (Å²) in [5.74, 6) is 1.49. The Morgan fingerprint density at radius 2 is 2.00 bits per heavy atom. The van der Waals surface area contributed by atoms with E-state index in [0.29, 0.717) is 12.3 Å². The first-order valence-electron chi connectivity index (χ1n) is 9.03. The van der Waals surface area contributed by atoms with Gasteiger partial charge in [0, 0.05) is 31.4 Å². The van der Waals surface area contributed by atoms with Crippen molar-refractivity contribution in [3.05, 3.63) is 29.7 Å². The van der Waals surface area contributed by atoms with Crippen molar-refractivity contribution in [2.75, 3.05) is 32.8 Å². The van der Waals surface area contributed by atoms with Gasteiger partial charge < -0.3 is 14.5 Å². The fourth-order valence-electron chi connectivity index (χ4n) is 3.74. The average molecular weight is 332 g/mol. The van der Waals surface area contributed by atoms with Crippen LogP contribution in [0.4, 0.5) is 0 Å². The molecule has 1 aromatic heterocycles. The second-order valence-corrected chi connectivity index (χ2v) is 6.88. The summed E-state index contributed by atoms with van der Waals surface area (Å²) in [5.41, 5.74) is 0.0590. The van der Waals surface area contributed by atoms with E-state index in [1.807, 2.05) is 19.1 Å². The highest BCUT2D eigenvalue weighted by Gasteiger charge is 2.38. The predicted octanol–water partition coefficient (Wildman–Crippen LogP) is 2.75. The molecule has 0 bridgehead atoms. The lowest BCUT2D eigenvalue weighted by Gasteiger charge is -2.48. The molecule has 132 valence electrons. The van der Waals surface area contributed by atoms with Gasteiger partial charge in [0.15, 0.2) is 0 Å². The highest BCUT2D eigenvalue weighted by Crippen LogP contribution is 2.30. The average Bonchev–Trinajstić information content (AvgIpc) is 3.05. The summed E-state index contributed by atoms with van der Waals surface area (Å²) in [6.45, 7) is 6.43. The van der Waals surface area contributed by atoms with Gasteiger partial charge in [0.1, 0.15) is 11.5 Å². The van der Waals surface area contributed by atoms with Crippen molar-refractivity contribution in [1.29, 1.82) is 0 Å². The van der Waals surface area contributed by atoms with Crippen LogP contribution in [0.1, 0.15) is 43.6 Å². The van der Waals surface area contributed by atoms with Gasteiger partial charge in [0.25, 0.3) is 0 Å². The van der Waals surface area contributed by atoms with Gasteiger partial charge in [-0.1, -0.05) is 6.42 Å². The number of nitrogens with one attached hydrogen (secondary N) is 1. The summed E-state index contributed by atoms with van der Waals surface area (Å²) in [6.07, 6.45) is 9.10. The second kappa shape index (κ2) is 7.99. The van der Waals surface area contributed by atoms with Crippen molar-refractivity contribution < 1.29 is 13.9 Å². The molecule has 0 radical (unpaired) electrons. The highest BCUT2D eigenvalue weighted by atomic mass is 16.5. The lowest BCUT2D eigenvalue weighted by atomic mass is 9.86. The molecular weight excluding hydrogens is 304 g/mol. The van der Waals surface area contributed by atoms with Crippen molar-refractivity contribution in [3.63, 3.8) is 0 Å². The molecule has 2 aliphatic rings. The van der Waals surface area contributed by atoms with Gasteiger partial charge in [-0.3, -0.25) is 9.69 Å². The number of likely N-dealkylation sites (tertiary alicyclic amines) is 1. The summed E-state index contributed by atoms with van der Waals surface area (Å²) >= 11 is 0. The van der Waals surface area contributed by atoms with E-state index in [-0.39, 0.29) is 11.4 Å². The third kappa shape index (κ3) is 4.28. The van der Waals surface area contributed by atoms with Crippen molar-refractivity contribution >= 4 is 12.0 Å². The molecule has 1 N–H and O–H groups in total. The fraction of sp³-hybridized carbons (Fsp3) is 0.632. The summed E-state index contributed by atoms with van der Waals surface area (Å²) in [7, 11) is 0. The number of ether oxygens (including phenoxy) is 1. The van der Waals surface area contributed by atoms with Crippen LogP contribution in [0.3, 0.4) is 0 Å². The number of carbonyl (C=O) groups excluding carboxylic acids is 1. The zero-order valence-electron chi connectivity index (χ0n) is 14.6. The van der Waals surface area contributed by atoms with Crippen LogP contribution < -0.4 is 5.32 Å². The Balaban J connectivity index is 1.58. The number of furan rings is 1. The van der Waals surface area contributed by atoms with Gasteiger partial charge in [0.2, 0.25) is 5.91 Å². The summed E-state index contributed by atoms with van der Waals surface area (Å²) in [5, 5.41) is 3.10. The third-order valence-electron chi connectivity index (χ3n) is 5.20. The normalized spacial score (nSPS) is 21.9. The number of aryl methyl sites for hydroxylation is 1. The zero-order valence-corrected chi connectivity index (χ0v) is 14.6. The van der Waals surface area contributed by atoms with Gasteiger partial charge in [-0.2, -0.15) is 0 Å². The Hall–Kier alpha value is -1.59. The van der Waals surface area contributed by atoms with Crippen LogP contribution in [0.15, 0.2) is 22.6 Å². The summed E-state index contributed by atoms with van der Waals surface area (Å²) < 4.78 is 11.0. The van der Waals surface area contributed by atoms with Crippen LogP contribution in [0.2, 0.25) is 0 Å². The molecular formula is C19H28N2O3. The van der Waals surface area contributed by atoms with E-state index in [1.165, 1.54) is 19.3 Å². The first-order chi connectivity index (χ1) is 11.7. The van der Waals surface area contributed by atoms with Gasteiger partial charge in [-0.15, -0.1) is 0 Å². The molecule has 0 aliphatic carbocycles. The first kappa shape index (κ1) is 17.2. The molecule has 5 heteroatoms. The van der Waals surface area contributed by atoms with E-state index < -0.39 is 0 Å². The minimum absolute atomic E-state index is 0.0590. The minimum atomic E-state index is -0.0630. The Morgan fingerprint density at radius 3 is 2.67 bits per heavy atom. The Morgan fingerprint density at radius 1 is 1.25 bits per heavy atom. The molecule has 0 atom stereocenters. The molecule has 0 spiro atoms. The maximum absolute atomic E-state index is 12.2. The molecule has 1 aromatic rings. The number of rotatable bonds is 5. The lowest BCUT2D eigenvalue weighted by molar-refractivity contribution is -0.118. The maximum Gasteiger partial charge on any atom is 0.244 e. The van der Waals surface area contributed by atoms with E-state index in [1.54, 1.807) is 12.2 Å². The van der Waals surface area contributed by atoms with Crippen LogP contribution in [0.25, 0.3) is 6.08 Å². The molecule has 24 heavy (non-hydrogen) atoms. The molecule has 3 rings (SSSR count). The monoisotopic (exact) mass is 332 g/mol. The standard InChI is InChI=1S/C19H28N2O3/c1-16-5-6-17(24-16)7-8-18(22)20-15-19(9-13-23-14-10-19)21-11-3-2-4-12-21/h5-8H,2-4,9-15H2,1H3,(H,20,22). The van der Waals surface area contributed by atoms with Crippen LogP contribution in [-0.4, -0.2) is 49.2 Å². The number of nitrogens with zero attached hydrogens (tertiary/aromatic N) is 1. The molecule has 3 heterocycles. The van der Waals surface area contributed by atoms with Crippen LogP contribution in [0, 0.1) is 6.92 Å². The van der Waals surface area contributed by atoms with Gasteiger partial charge in [-0.25, -0.2) is 0 Å². The smallest absolute Gasteiger partial charge is 0.244 e. The van der Waals surface area contributed by atoms with Crippen LogP contribution in [0.5, 0.6) is 0 Å². The van der Waals surface area contributed by atoms with Crippen molar-refractivity contribution in [3.8, 4) is 0 Å². The predicted molar refractivity (Wildman–Crippen MR) is 93.7 cm³/mol. The summed E-state index contributed by atoms with van der Waals surface area (Å²) in [6, 6.07) is 3.76. The number of piperidine rings is 1. The molecule has 2 saturated heterocycles. The Bertz CT molecular complexity index is 567. The molecule has 2 aliphatic heterocycles. The molecule has 2 fully saturated rings. The molecule has 0 unspecified atom stereocenters. The fourth-order valence-corrected chi connectivity index (χ4v) is 3.74. The van der Waals surface area contributed by atoms with Crippen molar-refractivity contribution in [2.45, 2.75) is 44.6 Å². The Kier molecular flexibility index (Phi) is 5.74. The molecule has 5 nitrogen and oxygen atoms in total. The minimum Gasteiger partial charge on any atom is -0.462 e. The van der Waals surface area contributed by atoms with Gasteiger partial charge in [-0.05, 0) is 63.9 Å². The number of hydrogen-bond donors (Lipinski definition) is 1. The second-order valence-electron chi connectivity index (χ2n) is 6.88. The van der Waals surface area contributed by atoms with Gasteiger partial charge in [0.05, 0.1) is 0 Å². The molecule has 0 saturated carbocycles. The third-order valence-corrected chi connectivity index (χ3v) is 5.20. The van der Waals surface area contributed by atoms with Crippen LogP contribution >= 0.6 is 0 Å². The zero-order chi connectivity index (χ0) is 16.8. The van der Waals surface area contributed by atoms with Crippen molar-refractivity contribution in [1.82, 2.24) is 10.2 Å². The molecule has 1 amide bonds. The maximum atomic E-state index is 12.2. The highest BCUT2D eigenvalue weighted by molar-refractivity contribution is 5.91. The topological polar surface area (TPSA) is 54.7 Å².